The van der Waals surface area contributed by atoms with Crippen molar-refractivity contribution < 1.29 is 14.7 Å². The molecule has 0 radical (unpaired) electrons. The topological polar surface area (TPSA) is 60.9 Å². The monoisotopic (exact) mass is 256 g/mol. The van der Waals surface area contributed by atoms with Crippen LogP contribution in [0.15, 0.2) is 0 Å². The maximum Gasteiger partial charge on any atom is 0.308 e. The van der Waals surface area contributed by atoms with Gasteiger partial charge < -0.3 is 14.9 Å². The highest BCUT2D eigenvalue weighted by atomic mass is 16.4. The summed E-state index contributed by atoms with van der Waals surface area (Å²) in [6, 6.07) is -0.203. The van der Waals surface area contributed by atoms with Gasteiger partial charge in [-0.1, -0.05) is 6.92 Å². The van der Waals surface area contributed by atoms with Crippen LogP contribution in [0.4, 0.5) is 0 Å². The van der Waals surface area contributed by atoms with Crippen LogP contribution in [0.25, 0.3) is 0 Å². The predicted molar refractivity (Wildman–Crippen MR) is 69.2 cm³/mol. The first kappa shape index (κ1) is 15.0. The maximum atomic E-state index is 12.1. The Labute approximate surface area is 109 Å². The Balaban J connectivity index is 2.89. The van der Waals surface area contributed by atoms with Gasteiger partial charge in [0.2, 0.25) is 5.91 Å². The van der Waals surface area contributed by atoms with E-state index in [-0.39, 0.29) is 23.9 Å². The van der Waals surface area contributed by atoms with Crippen molar-refractivity contribution in [3.63, 3.8) is 0 Å². The fraction of sp³-hybridized carbons (Fsp3) is 0.846. The summed E-state index contributed by atoms with van der Waals surface area (Å²) in [6.07, 6.45) is 0.332. The number of nitrogens with zero attached hydrogens (tertiary/aromatic N) is 2. The summed E-state index contributed by atoms with van der Waals surface area (Å²) in [5.41, 5.74) is 0. The van der Waals surface area contributed by atoms with Crippen LogP contribution in [0.2, 0.25) is 0 Å². The summed E-state index contributed by atoms with van der Waals surface area (Å²) >= 11 is 0. The fourth-order valence-electron chi connectivity index (χ4n) is 3.10. The largest absolute Gasteiger partial charge is 0.481 e. The third kappa shape index (κ3) is 3.02. The molecule has 1 aliphatic heterocycles. The van der Waals surface area contributed by atoms with Gasteiger partial charge in [0.05, 0.1) is 5.92 Å². The van der Waals surface area contributed by atoms with Gasteiger partial charge in [0, 0.05) is 25.0 Å². The zero-order valence-electron chi connectivity index (χ0n) is 11.9. The summed E-state index contributed by atoms with van der Waals surface area (Å²) in [5.74, 6) is -1.29. The number of aliphatic carboxylic acids is 1. The van der Waals surface area contributed by atoms with Crippen LogP contribution in [0.1, 0.15) is 27.2 Å². The molecule has 0 bridgehead atoms. The Bertz CT molecular complexity index is 330. The SMILES string of the molecule is CC1CC(=O)N(C(C)CN(C)C)C(C)C1C(=O)O. The van der Waals surface area contributed by atoms with Crippen LogP contribution in [-0.2, 0) is 9.59 Å². The molecule has 1 N–H and O–H groups in total. The Morgan fingerprint density at radius 3 is 2.50 bits per heavy atom. The Kier molecular flexibility index (Phi) is 4.73. The lowest BCUT2D eigenvalue weighted by Gasteiger charge is -2.44. The van der Waals surface area contributed by atoms with Crippen molar-refractivity contribution in [1.29, 1.82) is 0 Å². The van der Waals surface area contributed by atoms with Gasteiger partial charge in [0.15, 0.2) is 0 Å². The first-order valence-electron chi connectivity index (χ1n) is 6.44. The Morgan fingerprint density at radius 1 is 1.50 bits per heavy atom. The molecule has 104 valence electrons. The lowest BCUT2D eigenvalue weighted by Crippen LogP contribution is -2.57. The van der Waals surface area contributed by atoms with Crippen molar-refractivity contribution in [2.75, 3.05) is 20.6 Å². The minimum absolute atomic E-state index is 0.0387. The van der Waals surface area contributed by atoms with E-state index < -0.39 is 11.9 Å². The van der Waals surface area contributed by atoms with Crippen molar-refractivity contribution in [3.05, 3.63) is 0 Å². The minimum Gasteiger partial charge on any atom is -0.481 e. The number of piperidine rings is 1. The Hall–Kier alpha value is -1.10. The standard InChI is InChI=1S/C13H24N2O3/c1-8-6-11(16)15(9(2)7-14(4)5)10(3)12(8)13(17)18/h8-10,12H,6-7H2,1-5H3,(H,17,18). The van der Waals surface area contributed by atoms with Crippen molar-refractivity contribution in [1.82, 2.24) is 9.80 Å². The number of likely N-dealkylation sites (tertiary alicyclic amines) is 1. The number of carboxylic acids is 1. The van der Waals surface area contributed by atoms with Crippen molar-refractivity contribution >= 4 is 11.9 Å². The van der Waals surface area contributed by atoms with Gasteiger partial charge in [-0.05, 0) is 33.9 Å². The fourth-order valence-corrected chi connectivity index (χ4v) is 3.10. The number of carbonyl (C=O) groups excluding carboxylic acids is 1. The van der Waals surface area contributed by atoms with E-state index in [9.17, 15) is 14.7 Å². The second kappa shape index (κ2) is 5.69. The second-order valence-corrected chi connectivity index (χ2v) is 5.70. The Morgan fingerprint density at radius 2 is 2.06 bits per heavy atom. The van der Waals surface area contributed by atoms with E-state index in [1.54, 1.807) is 4.90 Å². The third-order valence-electron chi connectivity index (χ3n) is 3.75. The highest BCUT2D eigenvalue weighted by Gasteiger charge is 2.43. The molecule has 5 nitrogen and oxygen atoms in total. The first-order chi connectivity index (χ1) is 8.25. The number of amides is 1. The molecule has 0 aromatic heterocycles. The number of carboxylic acid groups (broad SMARTS) is 1. The van der Waals surface area contributed by atoms with Gasteiger partial charge in [-0.2, -0.15) is 0 Å². The minimum atomic E-state index is -0.801. The number of likely N-dealkylation sites (N-methyl/N-ethyl adjacent to an activating group) is 1. The van der Waals surface area contributed by atoms with E-state index in [1.807, 2.05) is 39.8 Å². The van der Waals surface area contributed by atoms with E-state index in [0.29, 0.717) is 6.42 Å². The van der Waals surface area contributed by atoms with E-state index in [0.717, 1.165) is 6.54 Å². The molecule has 18 heavy (non-hydrogen) atoms. The van der Waals surface area contributed by atoms with Crippen molar-refractivity contribution in [2.24, 2.45) is 11.8 Å². The van der Waals surface area contributed by atoms with E-state index in [1.165, 1.54) is 0 Å². The number of carbonyl (C=O) groups is 2. The quantitative estimate of drug-likeness (QED) is 0.811. The average molecular weight is 256 g/mol. The summed E-state index contributed by atoms with van der Waals surface area (Å²) in [7, 11) is 3.90. The molecular formula is C13H24N2O3. The molecule has 1 fully saturated rings. The van der Waals surface area contributed by atoms with Crippen LogP contribution in [0, 0.1) is 11.8 Å². The number of hydrogen-bond acceptors (Lipinski definition) is 3. The second-order valence-electron chi connectivity index (χ2n) is 5.70. The molecule has 0 aromatic carbocycles. The van der Waals surface area contributed by atoms with E-state index in [2.05, 4.69) is 0 Å². The molecule has 1 amide bonds. The number of hydrogen-bond donors (Lipinski definition) is 1. The van der Waals surface area contributed by atoms with Crippen LogP contribution in [0.3, 0.4) is 0 Å². The van der Waals surface area contributed by atoms with Gasteiger partial charge in [0.1, 0.15) is 0 Å². The average Bonchev–Trinajstić information content (AvgIpc) is 2.13. The first-order valence-corrected chi connectivity index (χ1v) is 6.44. The van der Waals surface area contributed by atoms with Crippen LogP contribution < -0.4 is 0 Å². The molecule has 1 saturated heterocycles. The molecule has 4 atom stereocenters. The maximum absolute atomic E-state index is 12.1. The lowest BCUT2D eigenvalue weighted by atomic mass is 9.80. The lowest BCUT2D eigenvalue weighted by molar-refractivity contribution is -0.156. The molecule has 4 unspecified atom stereocenters. The highest BCUT2D eigenvalue weighted by molar-refractivity contribution is 5.82. The summed E-state index contributed by atoms with van der Waals surface area (Å²) in [6.45, 7) is 6.42. The highest BCUT2D eigenvalue weighted by Crippen LogP contribution is 2.31. The van der Waals surface area contributed by atoms with Crippen LogP contribution in [0.5, 0.6) is 0 Å². The van der Waals surface area contributed by atoms with Gasteiger partial charge >= 0.3 is 5.97 Å². The summed E-state index contributed by atoms with van der Waals surface area (Å²) < 4.78 is 0. The van der Waals surface area contributed by atoms with E-state index in [4.69, 9.17) is 0 Å². The molecule has 0 aromatic rings. The third-order valence-corrected chi connectivity index (χ3v) is 3.75. The molecular weight excluding hydrogens is 232 g/mol. The number of rotatable bonds is 4. The molecule has 0 spiro atoms. The van der Waals surface area contributed by atoms with Crippen molar-refractivity contribution in [3.8, 4) is 0 Å². The molecule has 1 rings (SSSR count). The van der Waals surface area contributed by atoms with Gasteiger partial charge in [-0.25, -0.2) is 0 Å². The molecule has 1 aliphatic rings. The smallest absolute Gasteiger partial charge is 0.308 e. The molecule has 5 heteroatoms. The zero-order chi connectivity index (χ0) is 14.0. The normalized spacial score (nSPS) is 30.7. The zero-order valence-corrected chi connectivity index (χ0v) is 11.9. The summed E-state index contributed by atoms with van der Waals surface area (Å²) in [5, 5.41) is 9.30. The van der Waals surface area contributed by atoms with Crippen LogP contribution >= 0.6 is 0 Å². The molecule has 0 saturated carbocycles. The van der Waals surface area contributed by atoms with Crippen molar-refractivity contribution in [2.45, 2.75) is 39.3 Å². The molecule has 0 aliphatic carbocycles. The molecule has 1 heterocycles. The van der Waals surface area contributed by atoms with Gasteiger partial charge in [-0.3, -0.25) is 9.59 Å². The summed E-state index contributed by atoms with van der Waals surface area (Å²) in [4.78, 5) is 27.2. The van der Waals surface area contributed by atoms with Gasteiger partial charge in [0.25, 0.3) is 0 Å². The van der Waals surface area contributed by atoms with E-state index >= 15 is 0 Å². The van der Waals surface area contributed by atoms with Crippen LogP contribution in [-0.4, -0.2) is 59.5 Å². The van der Waals surface area contributed by atoms with Gasteiger partial charge in [-0.15, -0.1) is 0 Å². The predicted octanol–water partition coefficient (Wildman–Crippen LogP) is 0.894.